The van der Waals surface area contributed by atoms with Gasteiger partial charge in [0, 0.05) is 29.1 Å². The maximum atomic E-state index is 14.9. The Bertz CT molecular complexity index is 1530. The maximum absolute atomic E-state index is 14.9. The molecule has 0 spiro atoms. The van der Waals surface area contributed by atoms with Crippen LogP contribution in [0, 0.1) is 18.6 Å². The molecule has 0 bridgehead atoms. The van der Waals surface area contributed by atoms with Crippen LogP contribution >= 0.6 is 0 Å². The minimum Gasteiger partial charge on any atom is -0.366 e. The number of halogens is 2. The molecule has 0 fully saturated rings. The van der Waals surface area contributed by atoms with Crippen molar-refractivity contribution in [2.75, 3.05) is 31.5 Å². The van der Waals surface area contributed by atoms with Crippen LogP contribution in [0.1, 0.15) is 36.2 Å². The third-order valence-electron chi connectivity index (χ3n) is 6.52. The largest absolute Gasteiger partial charge is 0.366 e. The number of anilines is 1. The Kier molecular flexibility index (Phi) is 8.11. The number of hydrogen-bond donors (Lipinski definition) is 2. The van der Waals surface area contributed by atoms with Gasteiger partial charge in [0.2, 0.25) is 11.9 Å². The number of hydrogen-bond acceptors (Lipinski definition) is 6. The summed E-state index contributed by atoms with van der Waals surface area (Å²) in [6, 6.07) is 11.1. The summed E-state index contributed by atoms with van der Waals surface area (Å²) in [4.78, 5) is 36.4. The molecular formula is C28H30F2N6O2. The molecule has 0 unspecified atom stereocenters. The SMILES string of the molecule is CCN(CC)CCCNc1nc(-c2cc(C(N)=O)ccc2C)c2ccc(=O)n(-c3c(F)cccc3F)c2n1. The van der Waals surface area contributed by atoms with E-state index in [0.29, 0.717) is 23.2 Å². The molecule has 0 aliphatic rings. The van der Waals surface area contributed by atoms with Crippen LogP contribution in [0.5, 0.6) is 0 Å². The van der Waals surface area contributed by atoms with Gasteiger partial charge in [0.1, 0.15) is 17.3 Å². The van der Waals surface area contributed by atoms with Crippen LogP contribution in [0.2, 0.25) is 0 Å². The Balaban J connectivity index is 1.93. The normalized spacial score (nSPS) is 11.3. The summed E-state index contributed by atoms with van der Waals surface area (Å²) in [5.74, 6) is -2.22. The zero-order valence-electron chi connectivity index (χ0n) is 21.6. The number of fused-ring (bicyclic) bond motifs is 1. The van der Waals surface area contributed by atoms with Gasteiger partial charge in [-0.15, -0.1) is 0 Å². The van der Waals surface area contributed by atoms with Crippen LogP contribution in [0.4, 0.5) is 14.7 Å². The highest BCUT2D eigenvalue weighted by atomic mass is 19.1. The van der Waals surface area contributed by atoms with Crippen molar-refractivity contribution in [3.8, 4) is 16.9 Å². The molecule has 4 rings (SSSR count). The second kappa shape index (κ2) is 11.5. The van der Waals surface area contributed by atoms with Gasteiger partial charge in [-0.2, -0.15) is 4.98 Å². The smallest absolute Gasteiger partial charge is 0.256 e. The zero-order chi connectivity index (χ0) is 27.4. The van der Waals surface area contributed by atoms with E-state index in [-0.39, 0.29) is 17.2 Å². The van der Waals surface area contributed by atoms with Crippen LogP contribution in [0.3, 0.4) is 0 Å². The van der Waals surface area contributed by atoms with Crippen LogP contribution in [0.15, 0.2) is 53.3 Å². The molecule has 8 nitrogen and oxygen atoms in total. The second-order valence-corrected chi connectivity index (χ2v) is 8.91. The summed E-state index contributed by atoms with van der Waals surface area (Å²) >= 11 is 0. The Morgan fingerprint density at radius 1 is 1.05 bits per heavy atom. The highest BCUT2D eigenvalue weighted by Gasteiger charge is 2.20. The van der Waals surface area contributed by atoms with Gasteiger partial charge >= 0.3 is 0 Å². The maximum Gasteiger partial charge on any atom is 0.256 e. The van der Waals surface area contributed by atoms with E-state index in [1.54, 1.807) is 18.2 Å². The van der Waals surface area contributed by atoms with Gasteiger partial charge in [-0.3, -0.25) is 14.2 Å². The molecule has 2 aromatic carbocycles. The topological polar surface area (TPSA) is 106 Å². The molecule has 2 heterocycles. The Morgan fingerprint density at radius 3 is 2.42 bits per heavy atom. The summed E-state index contributed by atoms with van der Waals surface area (Å²) in [6.45, 7) is 9.31. The van der Waals surface area contributed by atoms with Crippen LogP contribution in [-0.2, 0) is 0 Å². The van der Waals surface area contributed by atoms with Crippen molar-refractivity contribution in [1.82, 2.24) is 19.4 Å². The van der Waals surface area contributed by atoms with Crippen molar-refractivity contribution in [3.63, 3.8) is 0 Å². The number of amides is 1. The van der Waals surface area contributed by atoms with Gasteiger partial charge < -0.3 is 16.0 Å². The van der Waals surface area contributed by atoms with E-state index in [2.05, 4.69) is 29.0 Å². The Morgan fingerprint density at radius 2 is 1.76 bits per heavy atom. The summed E-state index contributed by atoms with van der Waals surface area (Å²) < 4.78 is 30.6. The number of primary amides is 1. The molecule has 10 heteroatoms. The van der Waals surface area contributed by atoms with Crippen molar-refractivity contribution >= 4 is 22.9 Å². The van der Waals surface area contributed by atoms with Crippen molar-refractivity contribution in [3.05, 3.63) is 81.6 Å². The first-order valence-corrected chi connectivity index (χ1v) is 12.5. The van der Waals surface area contributed by atoms with Gasteiger partial charge in [-0.05, 0) is 68.9 Å². The van der Waals surface area contributed by atoms with Crippen molar-refractivity contribution < 1.29 is 13.6 Å². The lowest BCUT2D eigenvalue weighted by Gasteiger charge is -2.18. The highest BCUT2D eigenvalue weighted by molar-refractivity contribution is 5.97. The molecule has 38 heavy (non-hydrogen) atoms. The van der Waals surface area contributed by atoms with E-state index >= 15 is 0 Å². The minimum atomic E-state index is -0.902. The second-order valence-electron chi connectivity index (χ2n) is 8.91. The lowest BCUT2D eigenvalue weighted by Crippen LogP contribution is -2.25. The van der Waals surface area contributed by atoms with Gasteiger partial charge in [0.25, 0.3) is 5.56 Å². The molecule has 0 saturated heterocycles. The van der Waals surface area contributed by atoms with Gasteiger partial charge in [-0.25, -0.2) is 13.8 Å². The number of aryl methyl sites for hydroxylation is 1. The predicted molar refractivity (Wildman–Crippen MR) is 145 cm³/mol. The molecular weight excluding hydrogens is 490 g/mol. The van der Waals surface area contributed by atoms with E-state index < -0.39 is 28.8 Å². The Hall–Kier alpha value is -4.18. The Labute approximate surface area is 219 Å². The summed E-state index contributed by atoms with van der Waals surface area (Å²) in [5.41, 5.74) is 6.42. The van der Waals surface area contributed by atoms with Gasteiger partial charge in [0.05, 0.1) is 5.69 Å². The molecule has 0 atom stereocenters. The summed E-state index contributed by atoms with van der Waals surface area (Å²) in [5, 5.41) is 3.57. The van der Waals surface area contributed by atoms with Crippen molar-refractivity contribution in [2.24, 2.45) is 5.73 Å². The predicted octanol–water partition coefficient (Wildman–Crippen LogP) is 4.28. The van der Waals surface area contributed by atoms with Gasteiger partial charge in [-0.1, -0.05) is 26.0 Å². The third kappa shape index (κ3) is 5.40. The number of benzene rings is 2. The molecule has 0 saturated carbocycles. The van der Waals surface area contributed by atoms with E-state index in [4.69, 9.17) is 10.7 Å². The molecule has 0 aliphatic heterocycles. The number of nitrogens with zero attached hydrogens (tertiary/aromatic N) is 4. The summed E-state index contributed by atoms with van der Waals surface area (Å²) in [6.07, 6.45) is 0.804. The minimum absolute atomic E-state index is 0.0293. The van der Waals surface area contributed by atoms with Crippen LogP contribution < -0.4 is 16.6 Å². The molecule has 198 valence electrons. The quantitative estimate of drug-likeness (QED) is 0.303. The van der Waals surface area contributed by atoms with E-state index in [1.807, 2.05) is 6.92 Å². The first kappa shape index (κ1) is 26.9. The zero-order valence-corrected chi connectivity index (χ0v) is 21.6. The molecule has 0 radical (unpaired) electrons. The first-order chi connectivity index (χ1) is 18.2. The van der Waals surface area contributed by atoms with Crippen LogP contribution in [-0.4, -0.2) is 51.5 Å². The molecule has 4 aromatic rings. The molecule has 2 aromatic heterocycles. The number of nitrogens with one attached hydrogen (secondary N) is 1. The molecule has 3 N–H and O–H groups in total. The average molecular weight is 521 g/mol. The van der Waals surface area contributed by atoms with E-state index in [9.17, 15) is 18.4 Å². The number of rotatable bonds is 10. The lowest BCUT2D eigenvalue weighted by molar-refractivity contribution is 0.100. The standard InChI is InChI=1S/C28H30F2N6O2/c1-4-35(5-2)15-7-14-32-28-33-24(20-16-18(26(31)38)11-10-17(20)3)19-12-13-23(37)36(27(19)34-28)25-21(29)8-6-9-22(25)30/h6,8-13,16H,4-5,7,14-15H2,1-3H3,(H2,31,38)(H,32,33,34). The van der Waals surface area contributed by atoms with Gasteiger partial charge in [0.15, 0.2) is 5.65 Å². The fourth-order valence-electron chi connectivity index (χ4n) is 4.39. The molecule has 0 aliphatic carbocycles. The number of aromatic nitrogens is 3. The number of pyridine rings is 1. The summed E-state index contributed by atoms with van der Waals surface area (Å²) in [7, 11) is 0. The third-order valence-corrected chi connectivity index (χ3v) is 6.52. The van der Waals surface area contributed by atoms with Crippen molar-refractivity contribution in [2.45, 2.75) is 27.2 Å². The number of carbonyl (C=O) groups is 1. The number of para-hydroxylation sites is 1. The first-order valence-electron chi connectivity index (χ1n) is 12.5. The monoisotopic (exact) mass is 520 g/mol. The van der Waals surface area contributed by atoms with Crippen molar-refractivity contribution in [1.29, 1.82) is 0 Å². The average Bonchev–Trinajstić information content (AvgIpc) is 2.89. The number of carbonyl (C=O) groups excluding carboxylic acids is 1. The lowest BCUT2D eigenvalue weighted by atomic mass is 9.99. The fraction of sp³-hybridized carbons (Fsp3) is 0.286. The molecule has 1 amide bonds. The van der Waals surface area contributed by atoms with E-state index in [0.717, 1.165) is 48.3 Å². The number of nitrogens with two attached hydrogens (primary N) is 1. The van der Waals surface area contributed by atoms with Crippen LogP contribution in [0.25, 0.3) is 28.0 Å². The van der Waals surface area contributed by atoms with E-state index in [1.165, 1.54) is 18.2 Å². The fourth-order valence-corrected chi connectivity index (χ4v) is 4.39. The highest BCUT2D eigenvalue weighted by Crippen LogP contribution is 2.31.